The lowest BCUT2D eigenvalue weighted by Gasteiger charge is -2.49. The molecule has 2 amide bonds. The number of methoxy groups -OCH3 is 1. The highest BCUT2D eigenvalue weighted by atomic mass is 35.5. The van der Waals surface area contributed by atoms with Crippen LogP contribution >= 0.6 is 23.4 Å². The molecule has 3 rings (SSSR count). The minimum absolute atomic E-state index is 0.00567. The van der Waals surface area contributed by atoms with Crippen molar-refractivity contribution in [1.29, 1.82) is 0 Å². The van der Waals surface area contributed by atoms with E-state index in [4.69, 9.17) is 26.8 Å². The molecular weight excluding hydrogens is 453 g/mol. The summed E-state index contributed by atoms with van der Waals surface area (Å²) in [5, 5.41) is 1.98. The lowest BCUT2D eigenvalue weighted by molar-refractivity contribution is -0.152. The third kappa shape index (κ3) is 4.53. The molecule has 9 nitrogen and oxygen atoms in total. The Morgan fingerprint density at radius 2 is 2.13 bits per heavy atom. The molecule has 1 saturated heterocycles. The highest BCUT2D eigenvalue weighted by Gasteiger charge is 2.54. The predicted molar refractivity (Wildman–Crippen MR) is 109 cm³/mol. The van der Waals surface area contributed by atoms with Crippen LogP contribution in [-0.2, 0) is 28.7 Å². The summed E-state index contributed by atoms with van der Waals surface area (Å²) in [6.45, 7) is 1.07. The van der Waals surface area contributed by atoms with Crippen LogP contribution in [-0.4, -0.2) is 59.5 Å². The lowest BCUT2D eigenvalue weighted by atomic mass is 10.0. The van der Waals surface area contributed by atoms with Gasteiger partial charge in [-0.1, -0.05) is 17.7 Å². The number of rotatable bonds is 6. The van der Waals surface area contributed by atoms with E-state index in [0.717, 1.165) is 12.1 Å². The first-order chi connectivity index (χ1) is 14.6. The minimum atomic E-state index is -1.22. The van der Waals surface area contributed by atoms with Crippen molar-refractivity contribution in [2.24, 2.45) is 5.73 Å². The van der Waals surface area contributed by atoms with Crippen LogP contribution in [0.25, 0.3) is 0 Å². The van der Waals surface area contributed by atoms with Crippen molar-refractivity contribution in [3.8, 4) is 0 Å². The maximum absolute atomic E-state index is 13.2. The summed E-state index contributed by atoms with van der Waals surface area (Å²) in [4.78, 5) is 49.9. The maximum Gasteiger partial charge on any atom is 0.354 e. The van der Waals surface area contributed by atoms with Gasteiger partial charge in [-0.15, -0.1) is 11.8 Å². The van der Waals surface area contributed by atoms with E-state index in [1.54, 1.807) is 0 Å². The number of nitrogens with zero attached hydrogens (tertiary/aromatic N) is 1. The molecule has 166 valence electrons. The molecule has 0 aromatic heterocycles. The number of fused-ring (bicyclic) bond motifs is 1. The molecule has 0 saturated carbocycles. The highest BCUT2D eigenvalue weighted by Crippen LogP contribution is 2.41. The van der Waals surface area contributed by atoms with Crippen LogP contribution in [0.5, 0.6) is 0 Å². The van der Waals surface area contributed by atoms with Gasteiger partial charge >= 0.3 is 11.9 Å². The Labute approximate surface area is 186 Å². The van der Waals surface area contributed by atoms with Crippen LogP contribution in [0.15, 0.2) is 29.5 Å². The third-order valence-electron chi connectivity index (χ3n) is 4.75. The molecule has 1 aromatic carbocycles. The Bertz CT molecular complexity index is 987. The first-order valence-corrected chi connectivity index (χ1v) is 10.5. The predicted octanol–water partition coefficient (Wildman–Crippen LogP) is 0.869. The Morgan fingerprint density at radius 3 is 2.74 bits per heavy atom. The molecule has 2 heterocycles. The highest BCUT2D eigenvalue weighted by molar-refractivity contribution is 8.00. The molecule has 0 aliphatic carbocycles. The molecule has 3 atom stereocenters. The number of thioether (sulfide) groups is 1. The maximum atomic E-state index is 13.2. The lowest BCUT2D eigenvalue weighted by Crippen LogP contribution is -2.71. The number of halogens is 2. The number of carbonyl (C=O) groups excluding carboxylic acids is 4. The van der Waals surface area contributed by atoms with Crippen LogP contribution in [0.2, 0.25) is 5.02 Å². The third-order valence-corrected chi connectivity index (χ3v) is 6.42. The summed E-state index contributed by atoms with van der Waals surface area (Å²) in [7, 11) is 1.17. The Hall–Kier alpha value is -2.63. The molecular formula is C19H19ClFN3O6S. The van der Waals surface area contributed by atoms with Gasteiger partial charge in [-0.3, -0.25) is 19.3 Å². The number of amides is 2. The Morgan fingerprint density at radius 1 is 1.42 bits per heavy atom. The molecule has 12 heteroatoms. The fraction of sp³-hybridized carbons (Fsp3) is 0.368. The molecule has 0 bridgehead atoms. The van der Waals surface area contributed by atoms with Crippen molar-refractivity contribution in [1.82, 2.24) is 10.2 Å². The summed E-state index contributed by atoms with van der Waals surface area (Å²) < 4.78 is 23.0. The number of hydrogen-bond acceptors (Lipinski definition) is 8. The van der Waals surface area contributed by atoms with Gasteiger partial charge in [0.1, 0.15) is 35.6 Å². The molecule has 2 aliphatic heterocycles. The second-order valence-corrected chi connectivity index (χ2v) is 8.28. The first kappa shape index (κ1) is 23.0. The van der Waals surface area contributed by atoms with Crippen molar-refractivity contribution >= 4 is 47.1 Å². The molecule has 1 fully saturated rings. The van der Waals surface area contributed by atoms with Crippen LogP contribution < -0.4 is 11.1 Å². The van der Waals surface area contributed by atoms with Gasteiger partial charge in [-0.25, -0.2) is 9.18 Å². The van der Waals surface area contributed by atoms with E-state index in [0.29, 0.717) is 5.57 Å². The fourth-order valence-electron chi connectivity index (χ4n) is 3.21. The van der Waals surface area contributed by atoms with Gasteiger partial charge in [0.25, 0.3) is 5.91 Å². The zero-order chi connectivity index (χ0) is 22.9. The van der Waals surface area contributed by atoms with Crippen molar-refractivity contribution in [3.05, 3.63) is 45.9 Å². The van der Waals surface area contributed by atoms with Gasteiger partial charge < -0.3 is 20.5 Å². The number of β-lactam (4-membered cyclic amide) rings is 1. The van der Waals surface area contributed by atoms with Crippen LogP contribution in [0, 0.1) is 5.82 Å². The van der Waals surface area contributed by atoms with Gasteiger partial charge in [-0.05, 0) is 17.7 Å². The first-order valence-electron chi connectivity index (χ1n) is 9.05. The summed E-state index contributed by atoms with van der Waals surface area (Å²) in [5.41, 5.74) is 6.56. The topological polar surface area (TPSA) is 128 Å². The van der Waals surface area contributed by atoms with Crippen molar-refractivity contribution < 1.29 is 33.0 Å². The van der Waals surface area contributed by atoms with Crippen molar-refractivity contribution in [3.63, 3.8) is 0 Å². The quantitative estimate of drug-likeness (QED) is 0.462. The molecule has 0 spiro atoms. The smallest absolute Gasteiger partial charge is 0.354 e. The van der Waals surface area contributed by atoms with E-state index in [1.807, 2.05) is 0 Å². The molecule has 0 radical (unpaired) electrons. The zero-order valence-electron chi connectivity index (χ0n) is 16.5. The molecule has 31 heavy (non-hydrogen) atoms. The van der Waals surface area contributed by atoms with E-state index in [1.165, 1.54) is 36.8 Å². The average molecular weight is 472 g/mol. The number of carbonyl (C=O) groups is 4. The number of nitrogens with two attached hydrogens (primary N) is 1. The van der Waals surface area contributed by atoms with Crippen LogP contribution in [0.1, 0.15) is 18.5 Å². The number of ether oxygens (including phenoxy) is 2. The van der Waals surface area contributed by atoms with E-state index in [9.17, 15) is 23.6 Å². The summed E-state index contributed by atoms with van der Waals surface area (Å²) in [6, 6.07) is 1.30. The number of esters is 2. The Kier molecular flexibility index (Phi) is 6.87. The van der Waals surface area contributed by atoms with Gasteiger partial charge in [0.05, 0.1) is 7.11 Å². The molecule has 3 N–H and O–H groups in total. The molecule has 2 unspecified atom stereocenters. The minimum Gasteiger partial charge on any atom is -0.464 e. The molecule has 1 aromatic rings. The summed E-state index contributed by atoms with van der Waals surface area (Å²) in [6.07, 6.45) is 0. The molecule has 2 aliphatic rings. The number of nitrogens with one attached hydrogen (secondary N) is 1. The number of hydrogen-bond donors (Lipinski definition) is 2. The largest absolute Gasteiger partial charge is 0.464 e. The Balaban J connectivity index is 1.75. The van der Waals surface area contributed by atoms with Crippen molar-refractivity contribution in [2.75, 3.05) is 19.5 Å². The second kappa shape index (κ2) is 9.25. The van der Waals surface area contributed by atoms with Crippen LogP contribution in [0.4, 0.5) is 4.39 Å². The SMILES string of the molecule is COC(=O)C1=C(COC(C)=O)CS[C@H]2C(NC(=O)C(N)c3ccc(F)cc3Cl)C(=O)N12. The van der Waals surface area contributed by atoms with Gasteiger partial charge in [0.2, 0.25) is 5.91 Å². The van der Waals surface area contributed by atoms with Crippen molar-refractivity contribution in [2.45, 2.75) is 24.4 Å². The van der Waals surface area contributed by atoms with E-state index < -0.39 is 47.0 Å². The number of benzene rings is 1. The van der Waals surface area contributed by atoms with E-state index in [-0.39, 0.29) is 28.6 Å². The zero-order valence-corrected chi connectivity index (χ0v) is 18.1. The fourth-order valence-corrected chi connectivity index (χ4v) is 4.82. The normalized spacial score (nSPS) is 21.1. The van der Waals surface area contributed by atoms with E-state index in [2.05, 4.69) is 5.32 Å². The summed E-state index contributed by atoms with van der Waals surface area (Å²) in [5.74, 6) is -2.78. The monoisotopic (exact) mass is 471 g/mol. The second-order valence-electron chi connectivity index (χ2n) is 6.76. The summed E-state index contributed by atoms with van der Waals surface area (Å²) >= 11 is 7.25. The van der Waals surface area contributed by atoms with E-state index >= 15 is 0 Å². The standard InChI is InChI=1S/C19H19ClFN3O6S/c1-8(25)30-6-9-7-31-18-14(17(27)24(18)15(9)19(28)29-2)23-16(26)13(22)11-4-3-10(21)5-12(11)20/h3-5,13-14,18H,6-7,22H2,1-2H3,(H,23,26)/t13?,14?,18-/m0/s1. The average Bonchev–Trinajstić information content (AvgIpc) is 2.73. The van der Waals surface area contributed by atoms with Gasteiger partial charge in [-0.2, -0.15) is 0 Å². The van der Waals surface area contributed by atoms with Gasteiger partial charge in [0.15, 0.2) is 0 Å². The van der Waals surface area contributed by atoms with Crippen LogP contribution in [0.3, 0.4) is 0 Å². The van der Waals surface area contributed by atoms with Gasteiger partial charge in [0, 0.05) is 23.3 Å².